The van der Waals surface area contributed by atoms with Crippen molar-refractivity contribution in [2.24, 2.45) is 0 Å². The molecule has 0 unspecified atom stereocenters. The Morgan fingerprint density at radius 1 is 1.75 bits per heavy atom. The number of nitrogens with zero attached hydrogens (tertiary/aromatic N) is 2. The van der Waals surface area contributed by atoms with Gasteiger partial charge in [0.1, 0.15) is 6.29 Å². The second kappa shape index (κ2) is 3.06. The summed E-state index contributed by atoms with van der Waals surface area (Å²) in [6.07, 6.45) is 3.44. The average molecular weight is 166 g/mol. The van der Waals surface area contributed by atoms with Gasteiger partial charge >= 0.3 is 0 Å². The minimum atomic E-state index is 0.381. The molecule has 1 aliphatic heterocycles. The summed E-state index contributed by atoms with van der Waals surface area (Å²) in [7, 11) is 0. The molecule has 0 amide bonds. The Labute approximate surface area is 70.2 Å². The highest BCUT2D eigenvalue weighted by atomic mass is 16.5. The summed E-state index contributed by atoms with van der Waals surface area (Å²) in [6.45, 7) is 1.71. The van der Waals surface area contributed by atoms with Gasteiger partial charge in [-0.05, 0) is 0 Å². The van der Waals surface area contributed by atoms with Gasteiger partial charge in [-0.3, -0.25) is 0 Å². The SMILES string of the molecule is O=CCn1cnc2c1COCC2. The van der Waals surface area contributed by atoms with Crippen LogP contribution in [-0.4, -0.2) is 22.4 Å². The molecule has 0 radical (unpaired) electrons. The minimum Gasteiger partial charge on any atom is -0.375 e. The molecule has 4 nitrogen and oxygen atoms in total. The van der Waals surface area contributed by atoms with Crippen molar-refractivity contribution >= 4 is 6.29 Å². The van der Waals surface area contributed by atoms with E-state index in [4.69, 9.17) is 4.74 Å². The maximum absolute atomic E-state index is 10.3. The molecular formula is C8H10N2O2. The fourth-order valence-corrected chi connectivity index (χ4v) is 1.40. The van der Waals surface area contributed by atoms with Crippen LogP contribution in [0.15, 0.2) is 6.33 Å². The van der Waals surface area contributed by atoms with Crippen LogP contribution in [0.5, 0.6) is 0 Å². The van der Waals surface area contributed by atoms with Crippen LogP contribution in [0.3, 0.4) is 0 Å². The molecular weight excluding hydrogens is 156 g/mol. The molecule has 0 saturated carbocycles. The highest BCUT2D eigenvalue weighted by Gasteiger charge is 2.14. The van der Waals surface area contributed by atoms with E-state index in [1.54, 1.807) is 6.33 Å². The fraction of sp³-hybridized carbons (Fsp3) is 0.500. The van der Waals surface area contributed by atoms with Crippen molar-refractivity contribution in [3.8, 4) is 0 Å². The number of hydrogen-bond acceptors (Lipinski definition) is 3. The maximum atomic E-state index is 10.3. The quantitative estimate of drug-likeness (QED) is 0.587. The first-order chi connectivity index (χ1) is 5.92. The average Bonchev–Trinajstić information content (AvgIpc) is 2.50. The van der Waals surface area contributed by atoms with E-state index in [1.165, 1.54) is 0 Å². The lowest BCUT2D eigenvalue weighted by atomic mass is 10.2. The van der Waals surface area contributed by atoms with Crippen molar-refractivity contribution in [3.63, 3.8) is 0 Å². The summed E-state index contributed by atoms with van der Waals surface area (Å²) in [5.74, 6) is 0. The number of hydrogen-bond donors (Lipinski definition) is 0. The molecule has 0 fully saturated rings. The molecule has 0 bridgehead atoms. The third-order valence-electron chi connectivity index (χ3n) is 2.03. The van der Waals surface area contributed by atoms with Gasteiger partial charge < -0.3 is 14.1 Å². The van der Waals surface area contributed by atoms with Crippen molar-refractivity contribution in [3.05, 3.63) is 17.7 Å². The zero-order valence-electron chi connectivity index (χ0n) is 6.69. The molecule has 0 N–H and O–H groups in total. The van der Waals surface area contributed by atoms with Crippen LogP contribution in [0.25, 0.3) is 0 Å². The lowest BCUT2D eigenvalue weighted by Gasteiger charge is -2.12. The highest BCUT2D eigenvalue weighted by molar-refractivity contribution is 5.49. The smallest absolute Gasteiger partial charge is 0.139 e. The van der Waals surface area contributed by atoms with Gasteiger partial charge in [0.05, 0.1) is 37.5 Å². The van der Waals surface area contributed by atoms with Crippen molar-refractivity contribution in [2.75, 3.05) is 6.61 Å². The molecule has 1 aromatic heterocycles. The van der Waals surface area contributed by atoms with Gasteiger partial charge in [0.15, 0.2) is 0 Å². The molecule has 1 aromatic rings. The lowest BCUT2D eigenvalue weighted by molar-refractivity contribution is -0.108. The van der Waals surface area contributed by atoms with Crippen LogP contribution in [0, 0.1) is 0 Å². The Morgan fingerprint density at radius 2 is 2.67 bits per heavy atom. The van der Waals surface area contributed by atoms with E-state index in [2.05, 4.69) is 4.98 Å². The van der Waals surface area contributed by atoms with E-state index in [1.807, 2.05) is 4.57 Å². The summed E-state index contributed by atoms with van der Waals surface area (Å²) >= 11 is 0. The van der Waals surface area contributed by atoms with Crippen molar-refractivity contribution < 1.29 is 9.53 Å². The zero-order chi connectivity index (χ0) is 8.39. The van der Waals surface area contributed by atoms with E-state index in [0.29, 0.717) is 13.2 Å². The van der Waals surface area contributed by atoms with Gasteiger partial charge in [-0.25, -0.2) is 4.98 Å². The van der Waals surface area contributed by atoms with Crippen LogP contribution in [0.2, 0.25) is 0 Å². The molecule has 0 spiro atoms. The summed E-state index contributed by atoms with van der Waals surface area (Å²) in [4.78, 5) is 14.5. The van der Waals surface area contributed by atoms with Crippen LogP contribution in [0.4, 0.5) is 0 Å². The van der Waals surface area contributed by atoms with E-state index in [-0.39, 0.29) is 0 Å². The third-order valence-corrected chi connectivity index (χ3v) is 2.03. The fourth-order valence-electron chi connectivity index (χ4n) is 1.40. The second-order valence-electron chi connectivity index (χ2n) is 2.76. The predicted molar refractivity (Wildman–Crippen MR) is 41.7 cm³/mol. The number of ether oxygens (including phenoxy) is 1. The first-order valence-corrected chi connectivity index (χ1v) is 3.96. The number of imidazole rings is 1. The van der Waals surface area contributed by atoms with E-state index in [0.717, 1.165) is 30.7 Å². The van der Waals surface area contributed by atoms with Gasteiger partial charge in [0.25, 0.3) is 0 Å². The normalized spacial score (nSPS) is 15.7. The summed E-state index contributed by atoms with van der Waals surface area (Å²) in [6, 6.07) is 0. The van der Waals surface area contributed by atoms with E-state index >= 15 is 0 Å². The van der Waals surface area contributed by atoms with Crippen LogP contribution >= 0.6 is 0 Å². The molecule has 2 heterocycles. The molecule has 4 heteroatoms. The molecule has 64 valence electrons. The second-order valence-corrected chi connectivity index (χ2v) is 2.76. The number of carbonyl (C=O) groups is 1. The Hall–Kier alpha value is -1.16. The largest absolute Gasteiger partial charge is 0.375 e. The third kappa shape index (κ3) is 1.14. The predicted octanol–water partition coefficient (Wildman–Crippen LogP) is 0.155. The Kier molecular flexibility index (Phi) is 1.91. The molecule has 2 rings (SSSR count). The van der Waals surface area contributed by atoms with Gasteiger partial charge in [-0.1, -0.05) is 0 Å². The van der Waals surface area contributed by atoms with Crippen LogP contribution in [-0.2, 0) is 29.1 Å². The molecule has 12 heavy (non-hydrogen) atoms. The molecule has 0 saturated heterocycles. The summed E-state index contributed by atoms with van der Waals surface area (Å²) in [5, 5.41) is 0. The monoisotopic (exact) mass is 166 g/mol. The van der Waals surface area contributed by atoms with Crippen LogP contribution in [0.1, 0.15) is 11.4 Å². The van der Waals surface area contributed by atoms with Crippen molar-refractivity contribution in [2.45, 2.75) is 19.6 Å². The van der Waals surface area contributed by atoms with Crippen molar-refractivity contribution in [1.82, 2.24) is 9.55 Å². The van der Waals surface area contributed by atoms with Gasteiger partial charge in [0, 0.05) is 6.42 Å². The first-order valence-electron chi connectivity index (χ1n) is 3.96. The maximum Gasteiger partial charge on any atom is 0.139 e. The standard InChI is InChI=1S/C8H10N2O2/c11-3-2-10-6-9-7-1-4-12-5-8(7)10/h3,6H,1-2,4-5H2. The topological polar surface area (TPSA) is 44.1 Å². The van der Waals surface area contributed by atoms with Gasteiger partial charge in [-0.2, -0.15) is 0 Å². The zero-order valence-corrected chi connectivity index (χ0v) is 6.69. The Morgan fingerprint density at radius 3 is 3.50 bits per heavy atom. The Balaban J connectivity index is 2.31. The molecule has 0 aliphatic carbocycles. The summed E-state index contributed by atoms with van der Waals surface area (Å²) in [5.41, 5.74) is 2.12. The van der Waals surface area contributed by atoms with Gasteiger partial charge in [-0.15, -0.1) is 0 Å². The molecule has 1 aliphatic rings. The first kappa shape index (κ1) is 7.49. The van der Waals surface area contributed by atoms with Crippen LogP contribution < -0.4 is 0 Å². The molecule has 0 atom stereocenters. The Bertz CT molecular complexity index is 293. The number of aromatic nitrogens is 2. The number of rotatable bonds is 2. The van der Waals surface area contributed by atoms with E-state index in [9.17, 15) is 4.79 Å². The van der Waals surface area contributed by atoms with Gasteiger partial charge in [0.2, 0.25) is 0 Å². The van der Waals surface area contributed by atoms with Crippen molar-refractivity contribution in [1.29, 1.82) is 0 Å². The number of fused-ring (bicyclic) bond motifs is 1. The van der Waals surface area contributed by atoms with E-state index < -0.39 is 0 Å². The summed E-state index contributed by atoms with van der Waals surface area (Å²) < 4.78 is 7.10. The number of aldehydes is 1. The number of carbonyl (C=O) groups excluding carboxylic acids is 1. The highest BCUT2D eigenvalue weighted by Crippen LogP contribution is 2.14. The minimum absolute atomic E-state index is 0.381. The molecule has 0 aromatic carbocycles. The lowest BCUT2D eigenvalue weighted by Crippen LogP contribution is -2.13.